The van der Waals surface area contributed by atoms with Gasteiger partial charge in [-0.1, -0.05) is 81.8 Å². The van der Waals surface area contributed by atoms with Crippen molar-refractivity contribution < 1.29 is 0 Å². The van der Waals surface area contributed by atoms with E-state index in [0.717, 1.165) is 65.4 Å². The number of terminal acetylenes is 5. The Morgan fingerprint density at radius 3 is 1.11 bits per heavy atom. The molecule has 1 aliphatic rings. The molecule has 0 spiro atoms. The van der Waals surface area contributed by atoms with Crippen LogP contribution in [0.1, 0.15) is 132 Å². The van der Waals surface area contributed by atoms with Crippen LogP contribution in [0.3, 0.4) is 0 Å². The average molecular weight is 1530 g/mol. The summed E-state index contributed by atoms with van der Waals surface area (Å²) in [6.45, 7) is 27.3. The third-order valence-corrected chi connectivity index (χ3v) is 26.1. The van der Waals surface area contributed by atoms with Gasteiger partial charge < -0.3 is 0 Å². The SMILES string of the molecule is BBB(B)B(B(B)B)C1=C(B(B(B)B)B(B)B)C(B(BB)B(B)B)C(B(B)B(B)B)c2c1c(B)c(BB)c(B(B)B)c2-c1c(C)c(C)c(C)c2c(C)c3c(-c4c(C#CC#CC#CC#CC#C)c5c(C)c(C#C)c(C#CC)c(C#CC#C)c5c5c(C#CC#CC)c(C#CC#CC#C)c(C#CC#CC#CC)c(C#CC#CC#CC#C)c45)c(C)c(C)c(C)c3c(C)c12. The summed E-state index contributed by atoms with van der Waals surface area (Å²) in [7, 11) is 48.2. The largest absolute Gasteiger partial charge is 0.139 e. The van der Waals surface area contributed by atoms with Crippen LogP contribution in [-0.2, 0) is 0 Å². The van der Waals surface area contributed by atoms with Gasteiger partial charge in [0, 0.05) is 90.7 Å². The second kappa shape index (κ2) is 44.0. The number of aryl methyl sites for hydroxylation is 5. The van der Waals surface area contributed by atoms with Gasteiger partial charge in [-0.3, -0.25) is 0 Å². The Bertz CT molecular complexity index is 7200. The molecule has 0 saturated carbocycles. The molecule has 7 aromatic carbocycles. The van der Waals surface area contributed by atoms with E-state index in [-0.39, 0.29) is 31.1 Å². The first-order valence-electron chi connectivity index (χ1n) is 43.5. The lowest BCUT2D eigenvalue weighted by Crippen LogP contribution is -2.65. The minimum Gasteiger partial charge on any atom is -0.132 e. The Balaban J connectivity index is 2.01. The van der Waals surface area contributed by atoms with E-state index in [1.165, 1.54) is 60.5 Å². The molecule has 0 aliphatic heterocycles. The molecule has 32 heteroatoms. The van der Waals surface area contributed by atoms with Crippen LogP contribution >= 0.6 is 0 Å². The van der Waals surface area contributed by atoms with Crippen molar-refractivity contribution in [3.63, 3.8) is 0 Å². The third-order valence-electron chi connectivity index (χ3n) is 26.1. The Kier molecular flexibility index (Phi) is 34.6. The molecule has 124 heavy (non-hydrogen) atoms. The van der Waals surface area contributed by atoms with Crippen LogP contribution in [0.25, 0.3) is 70.8 Å². The fourth-order valence-corrected chi connectivity index (χ4v) is 20.5. The number of hydrogen-bond donors (Lipinski definition) is 0. The molecule has 1 aliphatic carbocycles. The summed E-state index contributed by atoms with van der Waals surface area (Å²) in [5.41, 5.74) is 28.1. The maximum atomic E-state index is 6.90. The van der Waals surface area contributed by atoms with Crippen LogP contribution in [0.2, 0.25) is 5.82 Å². The monoisotopic (exact) mass is 1540 g/mol. The maximum Gasteiger partial charge on any atom is 0.139 e. The van der Waals surface area contributed by atoms with Gasteiger partial charge in [0.05, 0.1) is 191 Å². The van der Waals surface area contributed by atoms with Crippen molar-refractivity contribution in [2.45, 2.75) is 94.7 Å². The molecule has 0 nitrogen and oxygen atoms in total. The van der Waals surface area contributed by atoms with Crippen LogP contribution in [0.4, 0.5) is 0 Å². The summed E-state index contributed by atoms with van der Waals surface area (Å²) >= 11 is 0. The first kappa shape index (κ1) is 97.6. The van der Waals surface area contributed by atoms with Gasteiger partial charge in [-0.05, 0) is 336 Å². The predicted molar refractivity (Wildman–Crippen MR) is 619 cm³/mol. The van der Waals surface area contributed by atoms with Gasteiger partial charge in [0.25, 0.3) is 0 Å². The van der Waals surface area contributed by atoms with Crippen molar-refractivity contribution in [3.05, 3.63) is 111 Å². The number of allylic oxidation sites excluding steroid dienone is 1. The van der Waals surface area contributed by atoms with Crippen LogP contribution in [0, 0.1) is 313 Å². The molecule has 0 radical (unpaired) electrons. The van der Waals surface area contributed by atoms with Gasteiger partial charge in [-0.25, -0.2) is 0 Å². The molecule has 2 unspecified atom stereocenters. The van der Waals surface area contributed by atoms with Crippen molar-refractivity contribution in [1.82, 2.24) is 0 Å². The van der Waals surface area contributed by atoms with E-state index in [9.17, 15) is 0 Å². The fourth-order valence-electron chi connectivity index (χ4n) is 20.5. The summed E-state index contributed by atoms with van der Waals surface area (Å²) in [4.78, 5) is 0. The Morgan fingerprint density at radius 2 is 0.702 bits per heavy atom. The summed E-state index contributed by atoms with van der Waals surface area (Å²) in [5, 5.41) is 6.72. The number of benzene rings is 7. The normalized spacial score (nSPS) is 10.9. The van der Waals surface area contributed by atoms with Gasteiger partial charge in [0.2, 0.25) is 0 Å². The van der Waals surface area contributed by atoms with E-state index in [2.05, 4.69) is 414 Å². The van der Waals surface area contributed by atoms with Crippen molar-refractivity contribution in [3.8, 4) is 273 Å². The van der Waals surface area contributed by atoms with Crippen LogP contribution in [-0.4, -0.2) is 231 Å². The van der Waals surface area contributed by atoms with E-state index in [1.807, 2.05) is 6.92 Å². The zero-order valence-electron chi connectivity index (χ0n) is 79.0. The minimum atomic E-state index is 0.131. The molecule has 0 heterocycles. The van der Waals surface area contributed by atoms with Gasteiger partial charge >= 0.3 is 0 Å². The highest BCUT2D eigenvalue weighted by molar-refractivity contribution is 7.89. The standard InChI is InChI=1S/C92H82B32/c1-18-26-32-36-38-39-42-47-54-71-74-61(15)64(25-8)65(48-24-7)68(49-31-23-6)79(74)80-69(52-43-30-22-5)66(50-44-35-29-21-4)67(51-45-40-34-28-20-3)70(53-46-41-37-33-27-19-2)81(80)82(71)75-59(13)55(9)57(11)72-63(17)78-73(62(16)77(72)75)58(12)56(10)60(14)76(78)83-84-85(86(93)87(111-94)88(83)114(97)98)90(118(123(108)109)124(110)113-96)92(117(121(104)105)122(106)107)91(116(112-95)120(102)103)89(84)115(99)119(100)101/h1-2,4,6,8,89,91,111-113H,93-110H2,3,5,7,9-17H3. The van der Waals surface area contributed by atoms with Crippen molar-refractivity contribution >= 4 is 296 Å². The second-order valence-electron chi connectivity index (χ2n) is 34.5. The molecule has 7 aromatic rings. The van der Waals surface area contributed by atoms with Crippen LogP contribution in [0.5, 0.6) is 0 Å². The molecule has 0 bridgehead atoms. The molecule has 2 atom stereocenters. The van der Waals surface area contributed by atoms with Gasteiger partial charge in [0.15, 0.2) is 0 Å². The molecule has 0 saturated heterocycles. The van der Waals surface area contributed by atoms with E-state index in [0.29, 0.717) is 128 Å². The van der Waals surface area contributed by atoms with Crippen molar-refractivity contribution in [1.29, 1.82) is 0 Å². The highest BCUT2D eigenvalue weighted by Gasteiger charge is 2.52. The Labute approximate surface area is 769 Å². The van der Waals surface area contributed by atoms with E-state index < -0.39 is 0 Å². The highest BCUT2D eigenvalue weighted by atomic mass is 14.4. The first-order valence-corrected chi connectivity index (χ1v) is 43.5. The zero-order valence-corrected chi connectivity index (χ0v) is 79.0. The maximum absolute atomic E-state index is 6.90. The van der Waals surface area contributed by atoms with Crippen molar-refractivity contribution in [2.24, 2.45) is 0 Å². The molecule has 0 fully saturated rings. The summed E-state index contributed by atoms with van der Waals surface area (Å²) < 4.78 is 0. The van der Waals surface area contributed by atoms with E-state index >= 15 is 0 Å². The van der Waals surface area contributed by atoms with Crippen molar-refractivity contribution in [2.75, 3.05) is 0 Å². The summed E-state index contributed by atoms with van der Waals surface area (Å²) in [6.07, 6.45) is 32.5. The van der Waals surface area contributed by atoms with E-state index in [4.69, 9.17) is 32.1 Å². The quantitative estimate of drug-likeness (QED) is 0.0391. The Morgan fingerprint density at radius 1 is 0.306 bits per heavy atom. The fraction of sp³-hybridized carbons (Fsp3) is 0.152. The summed E-state index contributed by atoms with van der Waals surface area (Å²) in [5.74, 6) is 112. The molecule has 0 N–H and O–H groups in total. The lowest BCUT2D eigenvalue weighted by molar-refractivity contribution is 0.907. The summed E-state index contributed by atoms with van der Waals surface area (Å²) in [6, 6.07) is 0. The van der Waals surface area contributed by atoms with Gasteiger partial charge in [0.1, 0.15) is 21.5 Å². The smallest absolute Gasteiger partial charge is 0.132 e. The molecule has 546 valence electrons. The predicted octanol–water partition coefficient (Wildman–Crippen LogP) is -10.9. The van der Waals surface area contributed by atoms with E-state index in [1.54, 1.807) is 37.3 Å². The first-order chi connectivity index (χ1) is 59.3. The molecular weight excluding hydrogens is 1450 g/mol. The Hall–Kier alpha value is -11.8. The van der Waals surface area contributed by atoms with Crippen LogP contribution in [0.15, 0.2) is 5.47 Å². The lowest BCUT2D eigenvalue weighted by Gasteiger charge is -2.53. The molecule has 0 aromatic heterocycles. The molecular formula is C92H82B32. The van der Waals surface area contributed by atoms with Crippen LogP contribution < -0.4 is 16.4 Å². The highest BCUT2D eigenvalue weighted by Crippen LogP contribution is 2.57. The second-order valence-corrected chi connectivity index (χ2v) is 34.5. The topological polar surface area (TPSA) is 0 Å². The third kappa shape index (κ3) is 19.0. The zero-order chi connectivity index (χ0) is 91.6. The lowest BCUT2D eigenvalue weighted by atomic mass is 8.66. The minimum absolute atomic E-state index is 0.131. The number of fused-ring (bicyclic) bond motifs is 6. The van der Waals surface area contributed by atoms with Gasteiger partial charge in [-0.15, -0.1) is 54.4 Å². The molecule has 0 amide bonds. The number of hydrogen-bond acceptors (Lipinski definition) is 0. The number of rotatable bonds is 16. The average Bonchev–Trinajstić information content (AvgIpc) is 0.681. The van der Waals surface area contributed by atoms with Gasteiger partial charge in [-0.2, -0.15) is 0 Å². The molecule has 8 rings (SSSR count).